The Hall–Kier alpha value is -1.60. The monoisotopic (exact) mass is 277 g/mol. The van der Waals surface area contributed by atoms with Crippen LogP contribution in [-0.4, -0.2) is 26.7 Å². The molecule has 1 amide bonds. The van der Waals surface area contributed by atoms with Crippen molar-refractivity contribution in [3.8, 4) is 5.75 Å². The molecule has 0 saturated carbocycles. The molecule has 1 rings (SSSR count). The van der Waals surface area contributed by atoms with Crippen LogP contribution in [0.4, 0.5) is 0 Å². The molecule has 0 aromatic heterocycles. The van der Waals surface area contributed by atoms with E-state index < -0.39 is 21.2 Å². The number of sulfonamides is 1. The van der Waals surface area contributed by atoms with Crippen LogP contribution < -0.4 is 9.46 Å². The third-order valence-electron chi connectivity index (χ3n) is 1.78. The predicted octanol–water partition coefficient (Wildman–Crippen LogP) is 0.265. The average Bonchev–Trinajstić information content (AvgIpc) is 2.28. The predicted molar refractivity (Wildman–Crippen MR) is 59.2 cm³/mol. The lowest BCUT2D eigenvalue weighted by Gasteiger charge is -2.05. The minimum atomic E-state index is -4.09. The normalized spacial score (nSPS) is 10.7. The Labute approximate surface area is 103 Å². The van der Waals surface area contributed by atoms with E-state index in [0.717, 1.165) is 0 Å². The molecular weight excluding hydrogens is 270 g/mol. The summed E-state index contributed by atoms with van der Waals surface area (Å²) in [6.45, 7) is 0. The van der Waals surface area contributed by atoms with E-state index >= 15 is 0 Å². The summed E-state index contributed by atoms with van der Waals surface area (Å²) in [4.78, 5) is 21.1. The van der Waals surface area contributed by atoms with Crippen LogP contribution in [0.3, 0.4) is 0 Å². The first kappa shape index (κ1) is 13.5. The van der Waals surface area contributed by atoms with E-state index in [4.69, 9.17) is 16.3 Å². The fourth-order valence-electron chi connectivity index (χ4n) is 0.976. The van der Waals surface area contributed by atoms with Crippen LogP contribution in [0.25, 0.3) is 0 Å². The molecule has 8 heteroatoms. The third-order valence-corrected chi connectivity index (χ3v) is 3.29. The van der Waals surface area contributed by atoms with Gasteiger partial charge < -0.3 is 4.74 Å². The lowest BCUT2D eigenvalue weighted by atomic mass is 10.3. The molecule has 0 spiro atoms. The molecule has 1 N–H and O–H groups in total. The number of ether oxygens (including phenoxy) is 1. The van der Waals surface area contributed by atoms with Crippen molar-refractivity contribution >= 4 is 32.8 Å². The van der Waals surface area contributed by atoms with Gasteiger partial charge >= 0.3 is 11.1 Å². The minimum absolute atomic E-state index is 0.176. The number of benzene rings is 1. The van der Waals surface area contributed by atoms with Crippen molar-refractivity contribution in [2.24, 2.45) is 0 Å². The summed E-state index contributed by atoms with van der Waals surface area (Å²) < 4.78 is 29.5. The molecule has 92 valence electrons. The van der Waals surface area contributed by atoms with Gasteiger partial charge in [0.05, 0.1) is 12.0 Å². The summed E-state index contributed by atoms with van der Waals surface area (Å²) in [6.07, 6.45) is 0. The van der Waals surface area contributed by atoms with E-state index in [9.17, 15) is 18.0 Å². The number of nitrogens with one attached hydrogen (secondary N) is 1. The largest absolute Gasteiger partial charge is 0.497 e. The van der Waals surface area contributed by atoms with Gasteiger partial charge in [0.15, 0.2) is 0 Å². The summed E-state index contributed by atoms with van der Waals surface area (Å²) >= 11 is 4.83. The summed E-state index contributed by atoms with van der Waals surface area (Å²) in [5.74, 6) is -0.939. The maximum absolute atomic E-state index is 11.6. The zero-order chi connectivity index (χ0) is 13.1. The van der Waals surface area contributed by atoms with Crippen LogP contribution in [0.5, 0.6) is 5.75 Å². The molecule has 0 bridgehead atoms. The molecule has 0 heterocycles. The van der Waals surface area contributed by atoms with Gasteiger partial charge in [-0.1, -0.05) is 0 Å². The summed E-state index contributed by atoms with van der Waals surface area (Å²) in [7, 11) is -2.66. The maximum atomic E-state index is 11.6. The van der Waals surface area contributed by atoms with Gasteiger partial charge in [-0.25, -0.2) is 13.1 Å². The minimum Gasteiger partial charge on any atom is -0.497 e. The Bertz CT molecular complexity index is 537. The second kappa shape index (κ2) is 5.15. The second-order valence-electron chi connectivity index (χ2n) is 2.88. The van der Waals surface area contributed by atoms with Gasteiger partial charge in [0.25, 0.3) is 10.0 Å². The van der Waals surface area contributed by atoms with Crippen molar-refractivity contribution in [2.75, 3.05) is 7.11 Å². The summed E-state index contributed by atoms with van der Waals surface area (Å²) in [5, 5.41) is -1.40. The first-order valence-corrected chi connectivity index (χ1v) is 6.13. The molecule has 1 aromatic carbocycles. The highest BCUT2D eigenvalue weighted by atomic mass is 35.5. The first-order chi connectivity index (χ1) is 7.86. The molecule has 0 radical (unpaired) electrons. The number of carbonyl (C=O) groups is 2. The lowest BCUT2D eigenvalue weighted by molar-refractivity contribution is -0.132. The molecule has 0 unspecified atom stereocenters. The van der Waals surface area contributed by atoms with Crippen LogP contribution >= 0.6 is 11.6 Å². The van der Waals surface area contributed by atoms with E-state index in [1.807, 2.05) is 0 Å². The number of hydrogen-bond acceptors (Lipinski definition) is 5. The zero-order valence-corrected chi connectivity index (χ0v) is 10.2. The van der Waals surface area contributed by atoms with E-state index in [-0.39, 0.29) is 4.90 Å². The van der Waals surface area contributed by atoms with Crippen LogP contribution in [0, 0.1) is 0 Å². The average molecular weight is 278 g/mol. The topological polar surface area (TPSA) is 89.5 Å². The molecule has 0 atom stereocenters. The molecule has 6 nitrogen and oxygen atoms in total. The van der Waals surface area contributed by atoms with Gasteiger partial charge in [0.1, 0.15) is 5.75 Å². The Morgan fingerprint density at radius 1 is 1.24 bits per heavy atom. The Morgan fingerprint density at radius 3 is 2.18 bits per heavy atom. The van der Waals surface area contributed by atoms with Crippen LogP contribution in [0.2, 0.25) is 0 Å². The molecule has 0 aliphatic rings. The molecular formula is C9H8ClNO5S. The zero-order valence-electron chi connectivity index (χ0n) is 8.64. The first-order valence-electron chi connectivity index (χ1n) is 4.27. The summed E-state index contributed by atoms with van der Waals surface area (Å²) in [5.41, 5.74) is 0. The highest BCUT2D eigenvalue weighted by Gasteiger charge is 2.21. The maximum Gasteiger partial charge on any atom is 0.317 e. The van der Waals surface area contributed by atoms with Gasteiger partial charge in [0.2, 0.25) is 0 Å². The van der Waals surface area contributed by atoms with Crippen molar-refractivity contribution in [2.45, 2.75) is 4.90 Å². The SMILES string of the molecule is COc1ccc(S(=O)(=O)NC(=O)C(=O)Cl)cc1. The van der Waals surface area contributed by atoms with Crippen LogP contribution in [0.15, 0.2) is 29.2 Å². The highest BCUT2D eigenvalue weighted by Crippen LogP contribution is 2.15. The van der Waals surface area contributed by atoms with E-state index in [0.29, 0.717) is 5.75 Å². The molecule has 0 aliphatic heterocycles. The Morgan fingerprint density at radius 2 is 1.76 bits per heavy atom. The second-order valence-corrected chi connectivity index (χ2v) is 4.91. The van der Waals surface area contributed by atoms with Gasteiger partial charge in [0, 0.05) is 0 Å². The van der Waals surface area contributed by atoms with E-state index in [1.165, 1.54) is 36.1 Å². The van der Waals surface area contributed by atoms with Crippen molar-refractivity contribution in [3.05, 3.63) is 24.3 Å². The number of methoxy groups -OCH3 is 1. The van der Waals surface area contributed by atoms with Gasteiger partial charge in [-0.3, -0.25) is 9.59 Å². The molecule has 0 fully saturated rings. The van der Waals surface area contributed by atoms with E-state index in [1.54, 1.807) is 0 Å². The number of amides is 1. The quantitative estimate of drug-likeness (QED) is 0.630. The molecule has 17 heavy (non-hydrogen) atoms. The smallest absolute Gasteiger partial charge is 0.317 e. The molecule has 1 aromatic rings. The molecule has 0 aliphatic carbocycles. The van der Waals surface area contributed by atoms with Crippen molar-refractivity contribution < 1.29 is 22.7 Å². The fraction of sp³-hybridized carbons (Fsp3) is 0.111. The number of carbonyl (C=O) groups excluding carboxylic acids is 2. The van der Waals surface area contributed by atoms with Gasteiger partial charge in [-0.2, -0.15) is 0 Å². The van der Waals surface area contributed by atoms with Crippen LogP contribution in [-0.2, 0) is 19.6 Å². The Balaban J connectivity index is 2.97. The van der Waals surface area contributed by atoms with Gasteiger partial charge in [-0.15, -0.1) is 0 Å². The number of rotatable bonds is 4. The number of halogens is 1. The summed E-state index contributed by atoms with van der Waals surface area (Å²) in [6, 6.07) is 5.27. The number of hydrogen-bond donors (Lipinski definition) is 1. The van der Waals surface area contributed by atoms with Crippen molar-refractivity contribution in [3.63, 3.8) is 0 Å². The van der Waals surface area contributed by atoms with Crippen LogP contribution in [0.1, 0.15) is 0 Å². The van der Waals surface area contributed by atoms with E-state index in [2.05, 4.69) is 0 Å². The standard InChI is InChI=1S/C9H8ClNO5S/c1-16-6-2-4-7(5-3-6)17(14,15)11-9(13)8(10)12/h2-5H,1H3,(H,11,13). The van der Waals surface area contributed by atoms with Crippen molar-refractivity contribution in [1.82, 2.24) is 4.72 Å². The third kappa shape index (κ3) is 3.43. The Kier molecular flexibility index (Phi) is 4.08. The highest BCUT2D eigenvalue weighted by molar-refractivity contribution is 7.90. The lowest BCUT2D eigenvalue weighted by Crippen LogP contribution is -2.33. The molecule has 0 saturated heterocycles. The van der Waals surface area contributed by atoms with Gasteiger partial charge in [-0.05, 0) is 35.9 Å². The fourth-order valence-corrected chi connectivity index (χ4v) is 2.03. The van der Waals surface area contributed by atoms with Crippen molar-refractivity contribution in [1.29, 1.82) is 0 Å².